The van der Waals surface area contributed by atoms with Crippen molar-refractivity contribution in [2.75, 3.05) is 0 Å². The molecule has 0 saturated heterocycles. The van der Waals surface area contributed by atoms with Gasteiger partial charge in [-0.25, -0.2) is 4.98 Å². The minimum atomic E-state index is -1.43. The zero-order chi connectivity index (χ0) is 21.5. The van der Waals surface area contributed by atoms with Gasteiger partial charge in [0.25, 0.3) is 5.91 Å². The van der Waals surface area contributed by atoms with Crippen molar-refractivity contribution in [2.45, 2.75) is 38.3 Å². The van der Waals surface area contributed by atoms with Crippen molar-refractivity contribution in [2.24, 2.45) is 5.73 Å². The summed E-state index contributed by atoms with van der Waals surface area (Å²) in [5.74, 6) is -1.22. The molecule has 3 aromatic rings. The van der Waals surface area contributed by atoms with Gasteiger partial charge in [-0.3, -0.25) is 9.59 Å². The van der Waals surface area contributed by atoms with Gasteiger partial charge >= 0.3 is 0 Å². The van der Waals surface area contributed by atoms with E-state index >= 15 is 0 Å². The zero-order valence-electron chi connectivity index (χ0n) is 16.7. The van der Waals surface area contributed by atoms with Crippen LogP contribution in [0.25, 0.3) is 21.8 Å². The van der Waals surface area contributed by atoms with E-state index in [9.17, 15) is 14.7 Å². The SMILES string of the molecule is CCCCC(NC(=O)c1ccccc1-c1csc(-c2ccccc2)n1)C(O)C(N)=O. The lowest BCUT2D eigenvalue weighted by Gasteiger charge is -2.22. The molecule has 2 amide bonds. The number of unbranched alkanes of at least 4 members (excludes halogenated alkanes) is 1. The number of aliphatic hydroxyl groups is 1. The van der Waals surface area contributed by atoms with Gasteiger partial charge in [-0.15, -0.1) is 11.3 Å². The Bertz CT molecular complexity index is 1000. The average Bonchev–Trinajstić information content (AvgIpc) is 3.26. The molecule has 0 aliphatic rings. The Labute approximate surface area is 179 Å². The van der Waals surface area contributed by atoms with Crippen molar-refractivity contribution in [3.63, 3.8) is 0 Å². The first-order valence-electron chi connectivity index (χ1n) is 9.89. The quantitative estimate of drug-likeness (QED) is 0.489. The van der Waals surface area contributed by atoms with Crippen molar-refractivity contribution in [3.8, 4) is 21.8 Å². The van der Waals surface area contributed by atoms with E-state index in [2.05, 4.69) is 5.32 Å². The first kappa shape index (κ1) is 21.7. The molecule has 0 radical (unpaired) electrons. The maximum Gasteiger partial charge on any atom is 0.252 e. The van der Waals surface area contributed by atoms with Crippen molar-refractivity contribution < 1.29 is 14.7 Å². The molecule has 0 saturated carbocycles. The third-order valence-corrected chi connectivity index (χ3v) is 5.72. The van der Waals surface area contributed by atoms with E-state index in [0.717, 1.165) is 23.4 Å². The predicted octanol–water partition coefficient (Wildman–Crippen LogP) is 3.61. The Hall–Kier alpha value is -3.03. The number of primary amides is 1. The van der Waals surface area contributed by atoms with Crippen LogP contribution >= 0.6 is 11.3 Å². The molecular formula is C23H25N3O3S. The van der Waals surface area contributed by atoms with E-state index < -0.39 is 18.1 Å². The number of carbonyl (C=O) groups is 2. The molecule has 0 aliphatic carbocycles. The maximum absolute atomic E-state index is 13.0. The van der Waals surface area contributed by atoms with Gasteiger partial charge in [-0.1, -0.05) is 68.3 Å². The zero-order valence-corrected chi connectivity index (χ0v) is 17.6. The predicted molar refractivity (Wildman–Crippen MR) is 119 cm³/mol. The molecule has 0 aliphatic heterocycles. The van der Waals surface area contributed by atoms with Crippen molar-refractivity contribution >= 4 is 23.2 Å². The molecular weight excluding hydrogens is 398 g/mol. The summed E-state index contributed by atoms with van der Waals surface area (Å²) in [4.78, 5) is 29.2. The molecule has 0 fully saturated rings. The normalized spacial score (nSPS) is 12.9. The molecule has 2 aromatic carbocycles. The van der Waals surface area contributed by atoms with E-state index in [1.807, 2.05) is 54.8 Å². The van der Waals surface area contributed by atoms with Gasteiger partial charge < -0.3 is 16.2 Å². The lowest BCUT2D eigenvalue weighted by Crippen LogP contribution is -2.49. The standard InChI is InChI=1S/C23H25N3O3S/c1-2-3-13-18(20(27)21(24)28)25-22(29)17-12-8-7-11-16(17)19-14-30-23(26-19)15-9-5-4-6-10-15/h4-12,14,18,20,27H,2-3,13H2,1H3,(H2,24,28)(H,25,29). The van der Waals surface area contributed by atoms with E-state index in [1.54, 1.807) is 12.1 Å². The highest BCUT2D eigenvalue weighted by molar-refractivity contribution is 7.13. The van der Waals surface area contributed by atoms with Crippen LogP contribution in [0.4, 0.5) is 0 Å². The molecule has 30 heavy (non-hydrogen) atoms. The second-order valence-electron chi connectivity index (χ2n) is 7.02. The van der Waals surface area contributed by atoms with E-state index in [0.29, 0.717) is 23.2 Å². The monoisotopic (exact) mass is 423 g/mol. The molecule has 4 N–H and O–H groups in total. The summed E-state index contributed by atoms with van der Waals surface area (Å²) in [6.45, 7) is 2.00. The smallest absolute Gasteiger partial charge is 0.252 e. The van der Waals surface area contributed by atoms with Crippen LogP contribution < -0.4 is 11.1 Å². The van der Waals surface area contributed by atoms with Crippen LogP contribution in [0.15, 0.2) is 60.0 Å². The second kappa shape index (κ2) is 10.1. The van der Waals surface area contributed by atoms with Crippen LogP contribution in [0.3, 0.4) is 0 Å². The van der Waals surface area contributed by atoms with E-state index in [1.165, 1.54) is 11.3 Å². The summed E-state index contributed by atoms with van der Waals surface area (Å²) in [7, 11) is 0. The van der Waals surface area contributed by atoms with Crippen LogP contribution in [0.1, 0.15) is 36.5 Å². The Morgan fingerprint density at radius 2 is 1.83 bits per heavy atom. The minimum absolute atomic E-state index is 0.374. The molecule has 156 valence electrons. The van der Waals surface area contributed by atoms with Crippen LogP contribution in [-0.4, -0.2) is 34.1 Å². The Balaban J connectivity index is 1.86. The Morgan fingerprint density at radius 1 is 1.13 bits per heavy atom. The molecule has 7 heteroatoms. The minimum Gasteiger partial charge on any atom is -0.381 e. The molecule has 2 unspecified atom stereocenters. The average molecular weight is 424 g/mol. The molecule has 0 bridgehead atoms. The number of aromatic nitrogens is 1. The second-order valence-corrected chi connectivity index (χ2v) is 7.88. The third kappa shape index (κ3) is 5.11. The van der Waals surface area contributed by atoms with Crippen LogP contribution in [-0.2, 0) is 4.79 Å². The highest BCUT2D eigenvalue weighted by Gasteiger charge is 2.26. The summed E-state index contributed by atoms with van der Waals surface area (Å²) < 4.78 is 0. The number of thiazole rings is 1. The first-order valence-corrected chi connectivity index (χ1v) is 10.8. The Morgan fingerprint density at radius 3 is 2.53 bits per heavy atom. The number of amides is 2. The number of rotatable bonds is 9. The van der Waals surface area contributed by atoms with Crippen molar-refractivity contribution in [1.29, 1.82) is 0 Å². The van der Waals surface area contributed by atoms with Gasteiger partial charge in [0.15, 0.2) is 6.10 Å². The molecule has 3 rings (SSSR count). The van der Waals surface area contributed by atoms with Crippen molar-refractivity contribution in [1.82, 2.24) is 10.3 Å². The summed E-state index contributed by atoms with van der Waals surface area (Å²) >= 11 is 1.51. The number of nitrogens with zero attached hydrogens (tertiary/aromatic N) is 1. The van der Waals surface area contributed by atoms with Gasteiger partial charge in [0.05, 0.1) is 11.7 Å². The van der Waals surface area contributed by atoms with Gasteiger partial charge in [-0.05, 0) is 12.5 Å². The molecule has 0 spiro atoms. The molecule has 6 nitrogen and oxygen atoms in total. The number of hydrogen-bond acceptors (Lipinski definition) is 5. The number of nitrogens with one attached hydrogen (secondary N) is 1. The fraction of sp³-hybridized carbons (Fsp3) is 0.261. The molecule has 2 atom stereocenters. The molecule has 1 heterocycles. The summed E-state index contributed by atoms with van der Waals surface area (Å²) in [5.41, 5.74) is 8.09. The largest absolute Gasteiger partial charge is 0.381 e. The first-order chi connectivity index (χ1) is 14.5. The number of nitrogens with two attached hydrogens (primary N) is 1. The maximum atomic E-state index is 13.0. The van der Waals surface area contributed by atoms with Crippen LogP contribution in [0, 0.1) is 0 Å². The Kier molecular flexibility index (Phi) is 7.32. The lowest BCUT2D eigenvalue weighted by atomic mass is 10.0. The van der Waals surface area contributed by atoms with Gasteiger partial charge in [0.1, 0.15) is 5.01 Å². The number of benzene rings is 2. The fourth-order valence-electron chi connectivity index (χ4n) is 3.19. The summed E-state index contributed by atoms with van der Waals surface area (Å²) in [6.07, 6.45) is 0.652. The highest BCUT2D eigenvalue weighted by atomic mass is 32.1. The lowest BCUT2D eigenvalue weighted by molar-refractivity contribution is -0.127. The number of hydrogen-bond donors (Lipinski definition) is 3. The van der Waals surface area contributed by atoms with Gasteiger partial charge in [-0.2, -0.15) is 0 Å². The topological polar surface area (TPSA) is 105 Å². The highest BCUT2D eigenvalue weighted by Crippen LogP contribution is 2.30. The number of aliphatic hydroxyl groups excluding tert-OH is 1. The van der Waals surface area contributed by atoms with Crippen LogP contribution in [0.2, 0.25) is 0 Å². The van der Waals surface area contributed by atoms with Crippen molar-refractivity contribution in [3.05, 3.63) is 65.5 Å². The van der Waals surface area contributed by atoms with Crippen LogP contribution in [0.5, 0.6) is 0 Å². The third-order valence-electron chi connectivity index (χ3n) is 4.83. The summed E-state index contributed by atoms with van der Waals surface area (Å²) in [5, 5.41) is 15.7. The molecule has 1 aromatic heterocycles. The van der Waals surface area contributed by atoms with Gasteiger partial charge in [0.2, 0.25) is 5.91 Å². The summed E-state index contributed by atoms with van der Waals surface area (Å²) in [6, 6.07) is 16.3. The number of carbonyl (C=O) groups excluding carboxylic acids is 2. The fourth-order valence-corrected chi connectivity index (χ4v) is 4.02. The van der Waals surface area contributed by atoms with E-state index in [-0.39, 0.29) is 5.91 Å². The van der Waals surface area contributed by atoms with E-state index in [4.69, 9.17) is 10.7 Å². The van der Waals surface area contributed by atoms with Gasteiger partial charge in [0, 0.05) is 22.1 Å².